The fourth-order valence-electron chi connectivity index (χ4n) is 5.30. The molecule has 2 saturated carbocycles. The van der Waals surface area contributed by atoms with E-state index in [4.69, 9.17) is 5.73 Å². The summed E-state index contributed by atoms with van der Waals surface area (Å²) in [7, 11) is 0. The highest BCUT2D eigenvalue weighted by molar-refractivity contribution is 5.18. The van der Waals surface area contributed by atoms with Crippen molar-refractivity contribution >= 4 is 0 Å². The van der Waals surface area contributed by atoms with Gasteiger partial charge in [0.25, 0.3) is 0 Å². The molecule has 0 unspecified atom stereocenters. The quantitative estimate of drug-likeness (QED) is 0.721. The third-order valence-corrected chi connectivity index (χ3v) is 6.69. The largest absolute Gasteiger partial charge is 0.396 e. The Labute approximate surface area is 117 Å². The van der Waals surface area contributed by atoms with Crippen LogP contribution < -0.4 is 5.73 Å². The summed E-state index contributed by atoms with van der Waals surface area (Å²) >= 11 is 0. The SMILES string of the molecule is CC1(C)CCC[C@]2(C)[C@@H](CCO)[C@](C)(O)CC[C@@]12N. The van der Waals surface area contributed by atoms with E-state index < -0.39 is 5.60 Å². The lowest BCUT2D eigenvalue weighted by molar-refractivity contribution is -0.184. The zero-order chi connectivity index (χ0) is 14.5. The second-order valence-electron chi connectivity index (χ2n) is 8.05. The predicted octanol–water partition coefficient (Wildman–Crippen LogP) is 2.44. The van der Waals surface area contributed by atoms with Crippen molar-refractivity contribution in [2.45, 2.75) is 77.4 Å². The van der Waals surface area contributed by atoms with Crippen LogP contribution in [0.3, 0.4) is 0 Å². The Kier molecular flexibility index (Phi) is 3.57. The van der Waals surface area contributed by atoms with Crippen molar-refractivity contribution in [2.24, 2.45) is 22.5 Å². The molecule has 3 nitrogen and oxygen atoms in total. The molecule has 0 aromatic heterocycles. The number of rotatable bonds is 2. The van der Waals surface area contributed by atoms with Crippen LogP contribution in [0, 0.1) is 16.7 Å². The Morgan fingerprint density at radius 3 is 2.26 bits per heavy atom. The molecule has 19 heavy (non-hydrogen) atoms. The average Bonchev–Trinajstić information content (AvgIpc) is 2.29. The molecule has 0 bridgehead atoms. The van der Waals surface area contributed by atoms with Gasteiger partial charge in [0.05, 0.1) is 5.60 Å². The summed E-state index contributed by atoms with van der Waals surface area (Å²) < 4.78 is 0. The van der Waals surface area contributed by atoms with Gasteiger partial charge in [-0.1, -0.05) is 27.2 Å². The molecule has 0 aromatic carbocycles. The van der Waals surface area contributed by atoms with Crippen molar-refractivity contribution in [3.05, 3.63) is 0 Å². The second kappa shape index (κ2) is 4.44. The van der Waals surface area contributed by atoms with Crippen molar-refractivity contribution in [1.29, 1.82) is 0 Å². The molecule has 2 fully saturated rings. The lowest BCUT2D eigenvalue weighted by atomic mass is 9.41. The third-order valence-electron chi connectivity index (χ3n) is 6.69. The van der Waals surface area contributed by atoms with Crippen LogP contribution in [0.4, 0.5) is 0 Å². The van der Waals surface area contributed by atoms with E-state index in [1.165, 1.54) is 6.42 Å². The second-order valence-corrected chi connectivity index (χ2v) is 8.05. The van der Waals surface area contributed by atoms with Crippen LogP contribution in [0.5, 0.6) is 0 Å². The average molecular weight is 269 g/mol. The van der Waals surface area contributed by atoms with E-state index in [1.807, 2.05) is 6.92 Å². The van der Waals surface area contributed by atoms with Crippen molar-refractivity contribution in [1.82, 2.24) is 0 Å². The highest BCUT2D eigenvalue weighted by atomic mass is 16.3. The maximum Gasteiger partial charge on any atom is 0.0655 e. The molecular weight excluding hydrogens is 238 g/mol. The molecule has 4 N–H and O–H groups in total. The first-order chi connectivity index (χ1) is 8.61. The Balaban J connectivity index is 2.47. The number of hydrogen-bond donors (Lipinski definition) is 3. The number of fused-ring (bicyclic) bond motifs is 1. The molecule has 0 saturated heterocycles. The standard InChI is InChI=1S/C16H31NO2/c1-13(2)7-5-8-14(3)12(6-11-18)15(4,19)9-10-16(13,14)17/h12,18-19H,5-11,17H2,1-4H3/t12-,14-,15-,16-/m1/s1. The highest BCUT2D eigenvalue weighted by Crippen LogP contribution is 2.63. The number of aliphatic hydroxyl groups excluding tert-OH is 1. The lowest BCUT2D eigenvalue weighted by Crippen LogP contribution is -2.72. The third kappa shape index (κ3) is 1.97. The summed E-state index contributed by atoms with van der Waals surface area (Å²) in [4.78, 5) is 0. The van der Waals surface area contributed by atoms with Crippen LogP contribution in [0.25, 0.3) is 0 Å². The molecule has 112 valence electrons. The minimum Gasteiger partial charge on any atom is -0.396 e. The summed E-state index contributed by atoms with van der Waals surface area (Å²) in [5.74, 6) is 0.0864. The van der Waals surface area contributed by atoms with Crippen molar-refractivity contribution in [3.63, 3.8) is 0 Å². The van der Waals surface area contributed by atoms with E-state index in [0.29, 0.717) is 6.42 Å². The molecule has 0 amide bonds. The van der Waals surface area contributed by atoms with Crippen LogP contribution in [0.2, 0.25) is 0 Å². The zero-order valence-corrected chi connectivity index (χ0v) is 13.0. The van der Waals surface area contributed by atoms with E-state index >= 15 is 0 Å². The molecule has 0 aliphatic heterocycles. The van der Waals surface area contributed by atoms with E-state index in [9.17, 15) is 10.2 Å². The molecule has 0 spiro atoms. The molecule has 2 aliphatic rings. The number of hydrogen-bond acceptors (Lipinski definition) is 3. The minimum absolute atomic E-state index is 0.0841. The molecule has 2 aliphatic carbocycles. The predicted molar refractivity (Wildman–Crippen MR) is 77.7 cm³/mol. The monoisotopic (exact) mass is 269 g/mol. The summed E-state index contributed by atoms with van der Waals surface area (Å²) in [5, 5.41) is 20.2. The number of nitrogens with two attached hydrogens (primary N) is 1. The van der Waals surface area contributed by atoms with Crippen molar-refractivity contribution < 1.29 is 10.2 Å². The van der Waals surface area contributed by atoms with Gasteiger partial charge in [-0.15, -0.1) is 0 Å². The summed E-state index contributed by atoms with van der Waals surface area (Å²) in [6, 6.07) is 0. The van der Waals surface area contributed by atoms with Gasteiger partial charge in [-0.05, 0) is 55.8 Å². The molecule has 0 radical (unpaired) electrons. The van der Waals surface area contributed by atoms with Crippen molar-refractivity contribution in [3.8, 4) is 0 Å². The Morgan fingerprint density at radius 2 is 1.68 bits per heavy atom. The van der Waals surface area contributed by atoms with Crippen molar-refractivity contribution in [2.75, 3.05) is 6.61 Å². The van der Waals surface area contributed by atoms with Gasteiger partial charge >= 0.3 is 0 Å². The molecular formula is C16H31NO2. The summed E-state index contributed by atoms with van der Waals surface area (Å²) in [6.45, 7) is 8.87. The van der Waals surface area contributed by atoms with Crippen LogP contribution in [-0.4, -0.2) is 28.0 Å². The first kappa shape index (κ1) is 15.3. The zero-order valence-electron chi connectivity index (χ0n) is 13.0. The van der Waals surface area contributed by atoms with E-state index in [1.54, 1.807) is 0 Å². The van der Waals surface area contributed by atoms with Crippen LogP contribution >= 0.6 is 0 Å². The Bertz CT molecular complexity index is 353. The van der Waals surface area contributed by atoms with Crippen LogP contribution in [0.15, 0.2) is 0 Å². The minimum atomic E-state index is -0.701. The summed E-state index contributed by atoms with van der Waals surface area (Å²) in [5.41, 5.74) is 6.01. The normalized spacial score (nSPS) is 49.7. The maximum absolute atomic E-state index is 10.8. The van der Waals surface area contributed by atoms with Gasteiger partial charge < -0.3 is 15.9 Å². The van der Waals surface area contributed by atoms with Crippen LogP contribution in [-0.2, 0) is 0 Å². The van der Waals surface area contributed by atoms with Gasteiger partial charge in [0.1, 0.15) is 0 Å². The molecule has 4 atom stereocenters. The lowest BCUT2D eigenvalue weighted by Gasteiger charge is -2.67. The molecule has 0 aromatic rings. The molecule has 3 heteroatoms. The van der Waals surface area contributed by atoms with Gasteiger partial charge in [0.2, 0.25) is 0 Å². The first-order valence-corrected chi connectivity index (χ1v) is 7.73. The highest BCUT2D eigenvalue weighted by Gasteiger charge is 2.64. The Morgan fingerprint density at radius 1 is 1.05 bits per heavy atom. The molecule has 2 rings (SSSR count). The topological polar surface area (TPSA) is 66.5 Å². The van der Waals surface area contributed by atoms with Gasteiger partial charge in [-0.3, -0.25) is 0 Å². The van der Waals surface area contributed by atoms with Gasteiger partial charge in [0, 0.05) is 12.1 Å². The smallest absolute Gasteiger partial charge is 0.0655 e. The summed E-state index contributed by atoms with van der Waals surface area (Å²) in [6.07, 6.45) is 5.67. The Hall–Kier alpha value is -0.120. The van der Waals surface area contributed by atoms with Gasteiger partial charge in [-0.2, -0.15) is 0 Å². The fraction of sp³-hybridized carbons (Fsp3) is 1.00. The van der Waals surface area contributed by atoms with Crippen LogP contribution in [0.1, 0.15) is 66.2 Å². The van der Waals surface area contributed by atoms with E-state index in [-0.39, 0.29) is 28.9 Å². The van der Waals surface area contributed by atoms with E-state index in [0.717, 1.165) is 25.7 Å². The van der Waals surface area contributed by atoms with Gasteiger partial charge in [-0.25, -0.2) is 0 Å². The molecule has 0 heterocycles. The van der Waals surface area contributed by atoms with Gasteiger partial charge in [0.15, 0.2) is 0 Å². The van der Waals surface area contributed by atoms with E-state index in [2.05, 4.69) is 20.8 Å². The fourth-order valence-corrected chi connectivity index (χ4v) is 5.30. The first-order valence-electron chi connectivity index (χ1n) is 7.73. The maximum atomic E-state index is 10.8. The number of aliphatic hydroxyl groups is 2.